The van der Waals surface area contributed by atoms with Crippen molar-refractivity contribution in [3.05, 3.63) is 35.6 Å². The van der Waals surface area contributed by atoms with Crippen molar-refractivity contribution in [2.75, 3.05) is 0 Å². The molecule has 2 N–H and O–H groups in total. The quantitative estimate of drug-likeness (QED) is 0.576. The Bertz CT molecular complexity index is 356. The molecule has 2 nitrogen and oxygen atoms in total. The summed E-state index contributed by atoms with van der Waals surface area (Å²) in [7, 11) is 0. The third kappa shape index (κ3) is 2.55. The number of amidine groups is 1. The summed E-state index contributed by atoms with van der Waals surface area (Å²) in [4.78, 5) is 4.29. The number of nitrogens with zero attached hydrogens (tertiary/aromatic N) is 1. The van der Waals surface area contributed by atoms with E-state index in [0.717, 1.165) is 18.4 Å². The lowest BCUT2D eigenvalue weighted by Crippen LogP contribution is -2.15. The molecule has 3 heteroatoms. The van der Waals surface area contributed by atoms with Gasteiger partial charge in [-0.05, 0) is 30.5 Å². The van der Waals surface area contributed by atoms with Gasteiger partial charge >= 0.3 is 0 Å². The molecule has 0 saturated heterocycles. The highest BCUT2D eigenvalue weighted by Gasteiger charge is 2.20. The maximum atomic E-state index is 12.8. The molecule has 1 aliphatic rings. The predicted molar refractivity (Wildman–Crippen MR) is 54.7 cm³/mol. The monoisotopic (exact) mass is 192 g/mol. The molecule has 1 saturated carbocycles. The predicted octanol–water partition coefficient (Wildman–Crippen LogP) is 1.89. The molecule has 1 aromatic rings. The second kappa shape index (κ2) is 3.78. The van der Waals surface area contributed by atoms with Crippen molar-refractivity contribution in [2.45, 2.75) is 25.3 Å². The summed E-state index contributed by atoms with van der Waals surface area (Å²) in [5.41, 5.74) is 6.61. The van der Waals surface area contributed by atoms with Crippen molar-refractivity contribution in [1.29, 1.82) is 0 Å². The molecule has 74 valence electrons. The van der Waals surface area contributed by atoms with Gasteiger partial charge in [0.2, 0.25) is 0 Å². The average Bonchev–Trinajstić information content (AvgIpc) is 2.87. The molecule has 0 aromatic heterocycles. The number of benzene rings is 1. The number of halogens is 1. The van der Waals surface area contributed by atoms with Gasteiger partial charge in [-0.15, -0.1) is 0 Å². The van der Waals surface area contributed by atoms with Crippen LogP contribution in [0.5, 0.6) is 0 Å². The fourth-order valence-electron chi connectivity index (χ4n) is 1.34. The Kier molecular flexibility index (Phi) is 2.48. The van der Waals surface area contributed by atoms with E-state index in [1.54, 1.807) is 6.07 Å². The Hall–Kier alpha value is -1.38. The van der Waals surface area contributed by atoms with E-state index in [1.807, 2.05) is 6.07 Å². The van der Waals surface area contributed by atoms with Gasteiger partial charge in [-0.25, -0.2) is 4.39 Å². The first-order chi connectivity index (χ1) is 6.74. The highest BCUT2D eigenvalue weighted by molar-refractivity contribution is 5.82. The first-order valence-electron chi connectivity index (χ1n) is 4.80. The molecule has 0 spiro atoms. The Labute approximate surface area is 82.7 Å². The van der Waals surface area contributed by atoms with Crippen LogP contribution in [0.1, 0.15) is 18.4 Å². The number of hydrogen-bond acceptors (Lipinski definition) is 1. The summed E-state index contributed by atoms with van der Waals surface area (Å²) in [5.74, 6) is 0.389. The zero-order valence-electron chi connectivity index (χ0n) is 7.91. The minimum absolute atomic E-state index is 0.221. The van der Waals surface area contributed by atoms with E-state index >= 15 is 0 Å². The van der Waals surface area contributed by atoms with Crippen LogP contribution < -0.4 is 5.73 Å². The lowest BCUT2D eigenvalue weighted by molar-refractivity contribution is 0.626. The Morgan fingerprint density at radius 3 is 2.93 bits per heavy atom. The van der Waals surface area contributed by atoms with Gasteiger partial charge in [-0.3, -0.25) is 4.99 Å². The van der Waals surface area contributed by atoms with Crippen molar-refractivity contribution in [3.63, 3.8) is 0 Å². The molecule has 0 atom stereocenters. The first kappa shape index (κ1) is 9.19. The summed E-state index contributed by atoms with van der Waals surface area (Å²) in [5, 5.41) is 0. The van der Waals surface area contributed by atoms with Crippen LogP contribution in [0.2, 0.25) is 0 Å². The molecule has 0 bridgehead atoms. The highest BCUT2D eigenvalue weighted by Crippen LogP contribution is 2.23. The second-order valence-electron chi connectivity index (χ2n) is 3.66. The molecular weight excluding hydrogens is 179 g/mol. The Morgan fingerprint density at radius 2 is 2.29 bits per heavy atom. The van der Waals surface area contributed by atoms with Gasteiger partial charge in [0.05, 0.1) is 11.9 Å². The van der Waals surface area contributed by atoms with E-state index in [4.69, 9.17) is 5.73 Å². The fraction of sp³-hybridized carbons (Fsp3) is 0.364. The van der Waals surface area contributed by atoms with Crippen LogP contribution in [0.15, 0.2) is 29.3 Å². The van der Waals surface area contributed by atoms with Gasteiger partial charge in [-0.1, -0.05) is 12.1 Å². The van der Waals surface area contributed by atoms with Gasteiger partial charge in [0.15, 0.2) is 0 Å². The average molecular weight is 192 g/mol. The summed E-state index contributed by atoms with van der Waals surface area (Å²) in [6, 6.07) is 6.91. The Morgan fingerprint density at radius 1 is 1.50 bits per heavy atom. The van der Waals surface area contributed by atoms with Gasteiger partial charge < -0.3 is 5.73 Å². The number of rotatable bonds is 3. The van der Waals surface area contributed by atoms with Crippen molar-refractivity contribution < 1.29 is 4.39 Å². The molecule has 1 fully saturated rings. The summed E-state index contributed by atoms with van der Waals surface area (Å²) in [6.45, 7) is 0. The SMILES string of the molecule is NC(Cc1cccc(F)c1)=NC1CC1. The zero-order valence-corrected chi connectivity index (χ0v) is 7.91. The highest BCUT2D eigenvalue weighted by atomic mass is 19.1. The van der Waals surface area contributed by atoms with Crippen LogP contribution in [-0.2, 0) is 6.42 Å². The minimum atomic E-state index is -0.221. The van der Waals surface area contributed by atoms with Crippen LogP contribution in [0, 0.1) is 5.82 Å². The third-order valence-electron chi connectivity index (χ3n) is 2.17. The maximum Gasteiger partial charge on any atom is 0.123 e. The van der Waals surface area contributed by atoms with Crippen LogP contribution in [0.25, 0.3) is 0 Å². The van der Waals surface area contributed by atoms with Crippen LogP contribution in [0.3, 0.4) is 0 Å². The smallest absolute Gasteiger partial charge is 0.123 e. The van der Waals surface area contributed by atoms with Crippen LogP contribution >= 0.6 is 0 Å². The third-order valence-corrected chi connectivity index (χ3v) is 2.17. The van der Waals surface area contributed by atoms with E-state index in [9.17, 15) is 4.39 Å². The van der Waals surface area contributed by atoms with E-state index < -0.39 is 0 Å². The summed E-state index contributed by atoms with van der Waals surface area (Å²) in [6.07, 6.45) is 2.84. The molecular formula is C11H13FN2. The lowest BCUT2D eigenvalue weighted by atomic mass is 10.1. The molecule has 0 heterocycles. The number of hydrogen-bond donors (Lipinski definition) is 1. The van der Waals surface area contributed by atoms with Crippen LogP contribution in [-0.4, -0.2) is 11.9 Å². The largest absolute Gasteiger partial charge is 0.387 e. The lowest BCUT2D eigenvalue weighted by Gasteiger charge is -2.00. The fourth-order valence-corrected chi connectivity index (χ4v) is 1.34. The molecule has 0 unspecified atom stereocenters. The molecule has 2 rings (SSSR count). The molecule has 0 amide bonds. The zero-order chi connectivity index (χ0) is 9.97. The van der Waals surface area contributed by atoms with Crippen molar-refractivity contribution in [3.8, 4) is 0 Å². The van der Waals surface area contributed by atoms with E-state index in [0.29, 0.717) is 18.3 Å². The number of nitrogens with two attached hydrogens (primary N) is 1. The first-order valence-corrected chi connectivity index (χ1v) is 4.80. The van der Waals surface area contributed by atoms with E-state index in [-0.39, 0.29) is 5.82 Å². The van der Waals surface area contributed by atoms with E-state index in [2.05, 4.69) is 4.99 Å². The van der Waals surface area contributed by atoms with Crippen molar-refractivity contribution >= 4 is 5.84 Å². The van der Waals surface area contributed by atoms with Gasteiger partial charge in [0.1, 0.15) is 5.82 Å². The van der Waals surface area contributed by atoms with E-state index in [1.165, 1.54) is 12.1 Å². The standard InChI is InChI=1S/C11H13FN2/c12-9-3-1-2-8(6-9)7-11(13)14-10-4-5-10/h1-3,6,10H,4-5,7H2,(H2,13,14). The summed E-state index contributed by atoms with van der Waals surface area (Å²) >= 11 is 0. The van der Waals surface area contributed by atoms with Gasteiger partial charge in [0, 0.05) is 6.42 Å². The second-order valence-corrected chi connectivity index (χ2v) is 3.66. The Balaban J connectivity index is 2.02. The summed E-state index contributed by atoms with van der Waals surface area (Å²) < 4.78 is 12.8. The minimum Gasteiger partial charge on any atom is -0.387 e. The molecule has 1 aliphatic carbocycles. The van der Waals surface area contributed by atoms with Crippen molar-refractivity contribution in [2.24, 2.45) is 10.7 Å². The molecule has 0 radical (unpaired) electrons. The van der Waals surface area contributed by atoms with Crippen LogP contribution in [0.4, 0.5) is 4.39 Å². The molecule has 0 aliphatic heterocycles. The van der Waals surface area contributed by atoms with Gasteiger partial charge in [0.25, 0.3) is 0 Å². The normalized spacial score (nSPS) is 17.1. The van der Waals surface area contributed by atoms with Crippen molar-refractivity contribution in [1.82, 2.24) is 0 Å². The maximum absolute atomic E-state index is 12.8. The molecule has 1 aromatic carbocycles. The topological polar surface area (TPSA) is 38.4 Å². The number of aliphatic imine (C=N–C) groups is 1. The van der Waals surface area contributed by atoms with Gasteiger partial charge in [-0.2, -0.15) is 0 Å². The molecule has 14 heavy (non-hydrogen) atoms.